The number of non-ortho nitro benzene ring substituents is 1. The normalized spacial score (nSPS) is 16.2. The monoisotopic (exact) mass is 270 g/mol. The van der Waals surface area contributed by atoms with Crippen LogP contribution in [0.4, 0.5) is 20.2 Å². The molecule has 1 aliphatic rings. The molecule has 1 aromatic carbocycles. The molecule has 0 radical (unpaired) electrons. The molecule has 1 aromatic rings. The van der Waals surface area contributed by atoms with Crippen LogP contribution in [0, 0.1) is 27.7 Å². The van der Waals surface area contributed by atoms with Gasteiger partial charge in [0.05, 0.1) is 17.1 Å². The van der Waals surface area contributed by atoms with Crippen LogP contribution >= 0.6 is 0 Å². The van der Waals surface area contributed by atoms with Crippen molar-refractivity contribution >= 4 is 11.4 Å². The average Bonchev–Trinajstić information content (AvgIpc) is 3.15. The second-order valence-electron chi connectivity index (χ2n) is 4.97. The smallest absolute Gasteiger partial charge is 0.275 e. The number of benzene rings is 1. The van der Waals surface area contributed by atoms with Gasteiger partial charge in [-0.25, -0.2) is 8.78 Å². The molecule has 0 spiro atoms. The maximum absolute atomic E-state index is 13.7. The number of anilines is 1. The van der Waals surface area contributed by atoms with Crippen molar-refractivity contribution in [3.05, 3.63) is 33.9 Å². The van der Waals surface area contributed by atoms with Crippen LogP contribution in [-0.2, 0) is 0 Å². The molecule has 2 rings (SSSR count). The van der Waals surface area contributed by atoms with E-state index in [0.717, 1.165) is 25.0 Å². The van der Waals surface area contributed by atoms with E-state index in [-0.39, 0.29) is 11.7 Å². The zero-order valence-corrected chi connectivity index (χ0v) is 10.7. The van der Waals surface area contributed by atoms with Crippen molar-refractivity contribution in [3.8, 4) is 0 Å². The van der Waals surface area contributed by atoms with Gasteiger partial charge in [-0.3, -0.25) is 10.1 Å². The Morgan fingerprint density at radius 2 is 2.00 bits per heavy atom. The first kappa shape index (κ1) is 13.7. The number of nitro groups is 1. The molecule has 0 aromatic heterocycles. The average molecular weight is 270 g/mol. The summed E-state index contributed by atoms with van der Waals surface area (Å²) in [4.78, 5) is 9.69. The number of hydrogen-bond acceptors (Lipinski definition) is 3. The zero-order valence-electron chi connectivity index (χ0n) is 10.7. The van der Waals surface area contributed by atoms with E-state index in [9.17, 15) is 18.9 Å². The fraction of sp³-hybridized carbons (Fsp3) is 0.538. The third kappa shape index (κ3) is 3.39. The summed E-state index contributed by atoms with van der Waals surface area (Å²) in [5.41, 5.74) is -0.839. The lowest BCUT2D eigenvalue weighted by Gasteiger charge is -2.18. The van der Waals surface area contributed by atoms with E-state index in [4.69, 9.17) is 0 Å². The van der Waals surface area contributed by atoms with Crippen LogP contribution in [-0.4, -0.2) is 11.0 Å². The molecule has 104 valence electrons. The summed E-state index contributed by atoms with van der Waals surface area (Å²) in [5.74, 6) is -1.19. The molecular weight excluding hydrogens is 254 g/mol. The Morgan fingerprint density at radius 3 is 2.42 bits per heavy atom. The van der Waals surface area contributed by atoms with E-state index in [1.54, 1.807) is 0 Å². The van der Waals surface area contributed by atoms with Gasteiger partial charge in [0.1, 0.15) is 5.69 Å². The fourth-order valence-corrected chi connectivity index (χ4v) is 2.09. The van der Waals surface area contributed by atoms with Crippen LogP contribution in [0.2, 0.25) is 0 Å². The summed E-state index contributed by atoms with van der Waals surface area (Å²) in [6, 6.07) is 1.49. The number of nitrogens with one attached hydrogen (secondary N) is 1. The summed E-state index contributed by atoms with van der Waals surface area (Å²) in [6.07, 6.45) is 3.98. The lowest BCUT2D eigenvalue weighted by molar-refractivity contribution is -0.385. The van der Waals surface area contributed by atoms with Crippen molar-refractivity contribution in [3.63, 3.8) is 0 Å². The number of hydrogen-bond donors (Lipinski definition) is 1. The van der Waals surface area contributed by atoms with Gasteiger partial charge in [0, 0.05) is 6.04 Å². The summed E-state index contributed by atoms with van der Waals surface area (Å²) in [5, 5.41) is 13.3. The Bertz CT molecular complexity index is 467. The molecule has 1 N–H and O–H groups in total. The first-order valence-corrected chi connectivity index (χ1v) is 6.41. The Morgan fingerprint density at radius 1 is 1.42 bits per heavy atom. The van der Waals surface area contributed by atoms with Gasteiger partial charge in [-0.2, -0.15) is 0 Å². The highest BCUT2D eigenvalue weighted by Crippen LogP contribution is 2.35. The van der Waals surface area contributed by atoms with Crippen LogP contribution in [0.25, 0.3) is 0 Å². The van der Waals surface area contributed by atoms with Gasteiger partial charge in [0.2, 0.25) is 0 Å². The van der Waals surface area contributed by atoms with Crippen LogP contribution in [0.1, 0.15) is 32.6 Å². The molecule has 1 unspecified atom stereocenters. The summed E-state index contributed by atoms with van der Waals surface area (Å²) in [7, 11) is 0. The third-order valence-corrected chi connectivity index (χ3v) is 3.39. The Labute approximate surface area is 110 Å². The molecule has 1 fully saturated rings. The van der Waals surface area contributed by atoms with Crippen molar-refractivity contribution in [1.29, 1.82) is 0 Å². The van der Waals surface area contributed by atoms with Gasteiger partial charge in [-0.1, -0.05) is 19.8 Å². The molecular formula is C13H16F2N2O2. The minimum Gasteiger partial charge on any atom is -0.378 e. The van der Waals surface area contributed by atoms with E-state index in [1.165, 1.54) is 12.8 Å². The highest BCUT2D eigenvalue weighted by molar-refractivity contribution is 5.52. The highest BCUT2D eigenvalue weighted by atomic mass is 19.1. The third-order valence-electron chi connectivity index (χ3n) is 3.39. The minimum absolute atomic E-state index is 0.00189. The van der Waals surface area contributed by atoms with Crippen molar-refractivity contribution in [2.24, 2.45) is 5.92 Å². The van der Waals surface area contributed by atoms with Crippen LogP contribution in [0.3, 0.4) is 0 Å². The minimum atomic E-state index is -0.916. The number of nitro benzene ring substituents is 1. The Hall–Kier alpha value is -1.72. The zero-order chi connectivity index (χ0) is 14.0. The molecule has 0 saturated heterocycles. The van der Waals surface area contributed by atoms with E-state index >= 15 is 0 Å². The second kappa shape index (κ2) is 5.50. The molecule has 19 heavy (non-hydrogen) atoms. The van der Waals surface area contributed by atoms with E-state index in [1.807, 2.05) is 6.92 Å². The van der Waals surface area contributed by atoms with Gasteiger partial charge in [0.25, 0.3) is 5.69 Å². The van der Waals surface area contributed by atoms with Gasteiger partial charge in [-0.05, 0) is 18.8 Å². The first-order valence-electron chi connectivity index (χ1n) is 6.41. The van der Waals surface area contributed by atoms with Crippen molar-refractivity contribution in [2.75, 3.05) is 5.32 Å². The number of halogens is 2. The maximum Gasteiger partial charge on any atom is 0.275 e. The largest absolute Gasteiger partial charge is 0.378 e. The maximum atomic E-state index is 13.7. The van der Waals surface area contributed by atoms with Crippen LogP contribution in [0.15, 0.2) is 12.1 Å². The van der Waals surface area contributed by atoms with Gasteiger partial charge in [-0.15, -0.1) is 0 Å². The predicted molar refractivity (Wildman–Crippen MR) is 68.1 cm³/mol. The lowest BCUT2D eigenvalue weighted by atomic mass is 10.1. The standard InChI is InChI=1S/C13H16F2N2O2/c1-2-9(5-8-3-4-8)16-13-11(14)6-10(17(18)19)7-12(13)15/h6-9,16H,2-5H2,1H3. The summed E-state index contributed by atoms with van der Waals surface area (Å²) >= 11 is 0. The van der Waals surface area contributed by atoms with Crippen molar-refractivity contribution in [1.82, 2.24) is 0 Å². The van der Waals surface area contributed by atoms with E-state index in [2.05, 4.69) is 5.32 Å². The summed E-state index contributed by atoms with van der Waals surface area (Å²) < 4.78 is 27.4. The van der Waals surface area contributed by atoms with Gasteiger partial charge < -0.3 is 5.32 Å². The molecule has 1 atom stereocenters. The fourth-order valence-electron chi connectivity index (χ4n) is 2.09. The van der Waals surface area contributed by atoms with Crippen LogP contribution < -0.4 is 5.32 Å². The number of rotatable bonds is 6. The second-order valence-corrected chi connectivity index (χ2v) is 4.97. The summed E-state index contributed by atoms with van der Waals surface area (Å²) in [6.45, 7) is 1.95. The van der Waals surface area contributed by atoms with Crippen LogP contribution in [0.5, 0.6) is 0 Å². The van der Waals surface area contributed by atoms with Crippen molar-refractivity contribution < 1.29 is 13.7 Å². The highest BCUT2D eigenvalue weighted by Gasteiger charge is 2.26. The van der Waals surface area contributed by atoms with Gasteiger partial charge >= 0.3 is 0 Å². The first-order chi connectivity index (χ1) is 9.01. The molecule has 0 heterocycles. The number of nitrogens with zero attached hydrogens (tertiary/aromatic N) is 1. The topological polar surface area (TPSA) is 55.2 Å². The molecule has 0 aliphatic heterocycles. The van der Waals surface area contributed by atoms with Crippen molar-refractivity contribution in [2.45, 2.75) is 38.6 Å². The molecule has 1 saturated carbocycles. The molecule has 0 bridgehead atoms. The Kier molecular flexibility index (Phi) is 3.97. The quantitative estimate of drug-likeness (QED) is 0.630. The Balaban J connectivity index is 2.16. The molecule has 6 heteroatoms. The molecule has 4 nitrogen and oxygen atoms in total. The van der Waals surface area contributed by atoms with E-state index in [0.29, 0.717) is 5.92 Å². The molecule has 0 amide bonds. The van der Waals surface area contributed by atoms with Gasteiger partial charge in [0.15, 0.2) is 11.6 Å². The predicted octanol–water partition coefficient (Wildman–Crippen LogP) is 3.86. The SMILES string of the molecule is CCC(CC1CC1)Nc1c(F)cc([N+](=O)[O-])cc1F. The lowest BCUT2D eigenvalue weighted by Crippen LogP contribution is -2.20. The molecule has 1 aliphatic carbocycles. The van der Waals surface area contributed by atoms with E-state index < -0.39 is 22.2 Å².